The molecule has 0 atom stereocenters. The highest BCUT2D eigenvalue weighted by atomic mass is 35.5. The highest BCUT2D eigenvalue weighted by molar-refractivity contribution is 6.31. The third-order valence-corrected chi connectivity index (χ3v) is 3.10. The largest absolute Gasteiger partial charge is 0.450 e. The van der Waals surface area contributed by atoms with Gasteiger partial charge in [0.05, 0.1) is 18.0 Å². The number of hydrogen-bond acceptors (Lipinski definition) is 3. The van der Waals surface area contributed by atoms with Gasteiger partial charge in [-0.05, 0) is 49.4 Å². The molecule has 0 fully saturated rings. The van der Waals surface area contributed by atoms with Crippen LogP contribution in [0.3, 0.4) is 0 Å². The molecule has 0 aromatic heterocycles. The molecule has 1 amide bonds. The van der Waals surface area contributed by atoms with E-state index in [0.717, 1.165) is 5.69 Å². The average molecular weight is 325 g/mol. The van der Waals surface area contributed by atoms with Gasteiger partial charge in [0.15, 0.2) is 0 Å². The van der Waals surface area contributed by atoms with Crippen molar-refractivity contribution in [3.63, 3.8) is 0 Å². The fourth-order valence-electron chi connectivity index (χ4n) is 1.69. The zero-order valence-corrected chi connectivity index (χ0v) is 12.8. The molecule has 0 heterocycles. The second-order valence-electron chi connectivity index (χ2n) is 4.17. The molecule has 2 aromatic rings. The summed E-state index contributed by atoms with van der Waals surface area (Å²) in [7, 11) is 0. The van der Waals surface area contributed by atoms with Crippen molar-refractivity contribution < 1.29 is 9.53 Å². The highest BCUT2D eigenvalue weighted by Gasteiger charge is 2.08. The van der Waals surface area contributed by atoms with Crippen LogP contribution in [0.2, 0.25) is 10.0 Å². The maximum Gasteiger partial charge on any atom is 0.411 e. The number of halogens is 2. The Morgan fingerprint density at radius 1 is 1.05 bits per heavy atom. The molecule has 2 rings (SSSR count). The summed E-state index contributed by atoms with van der Waals surface area (Å²) in [5.41, 5.74) is 2.07. The van der Waals surface area contributed by atoms with Gasteiger partial charge in [-0.1, -0.05) is 23.2 Å². The monoisotopic (exact) mass is 324 g/mol. The Kier molecular flexibility index (Phi) is 5.31. The van der Waals surface area contributed by atoms with Crippen LogP contribution < -0.4 is 10.6 Å². The number of anilines is 3. The van der Waals surface area contributed by atoms with E-state index in [1.54, 1.807) is 37.3 Å². The lowest BCUT2D eigenvalue weighted by Gasteiger charge is -2.13. The van der Waals surface area contributed by atoms with Crippen LogP contribution in [0.5, 0.6) is 0 Å². The van der Waals surface area contributed by atoms with Gasteiger partial charge < -0.3 is 10.1 Å². The third kappa shape index (κ3) is 4.55. The van der Waals surface area contributed by atoms with Crippen LogP contribution >= 0.6 is 23.2 Å². The summed E-state index contributed by atoms with van der Waals surface area (Å²) in [6, 6.07) is 12.3. The van der Waals surface area contributed by atoms with Crippen LogP contribution in [-0.4, -0.2) is 12.7 Å². The first kappa shape index (κ1) is 15.5. The topological polar surface area (TPSA) is 50.4 Å². The van der Waals surface area contributed by atoms with Crippen molar-refractivity contribution in [2.75, 3.05) is 17.2 Å². The Morgan fingerprint density at radius 3 is 2.38 bits per heavy atom. The molecule has 0 saturated carbocycles. The van der Waals surface area contributed by atoms with E-state index in [1.807, 2.05) is 12.1 Å². The summed E-state index contributed by atoms with van der Waals surface area (Å²) in [4.78, 5) is 11.5. The number of rotatable bonds is 4. The van der Waals surface area contributed by atoms with Crippen molar-refractivity contribution in [1.29, 1.82) is 0 Å². The summed E-state index contributed by atoms with van der Waals surface area (Å²) in [5.74, 6) is 0. The van der Waals surface area contributed by atoms with Gasteiger partial charge in [-0.15, -0.1) is 0 Å². The summed E-state index contributed by atoms with van der Waals surface area (Å²) < 4.78 is 4.87. The zero-order chi connectivity index (χ0) is 15.2. The zero-order valence-electron chi connectivity index (χ0n) is 11.3. The summed E-state index contributed by atoms with van der Waals surface area (Å²) in [5, 5.41) is 7.04. The molecular formula is C15H14Cl2N2O2. The lowest BCUT2D eigenvalue weighted by molar-refractivity contribution is 0.168. The summed E-state index contributed by atoms with van der Waals surface area (Å²) in [6.45, 7) is 2.05. The minimum atomic E-state index is -0.515. The van der Waals surface area contributed by atoms with Crippen molar-refractivity contribution >= 4 is 46.4 Å². The Hall–Kier alpha value is -1.91. The fourth-order valence-corrected chi connectivity index (χ4v) is 1.99. The molecule has 0 saturated heterocycles. The van der Waals surface area contributed by atoms with Gasteiger partial charge in [-0.2, -0.15) is 0 Å². The summed E-state index contributed by atoms with van der Waals surface area (Å²) >= 11 is 11.9. The van der Waals surface area contributed by atoms with E-state index in [1.165, 1.54) is 0 Å². The smallest absolute Gasteiger partial charge is 0.411 e. The van der Waals surface area contributed by atoms with Crippen LogP contribution in [-0.2, 0) is 4.74 Å². The second-order valence-corrected chi connectivity index (χ2v) is 5.04. The van der Waals surface area contributed by atoms with Crippen molar-refractivity contribution in [1.82, 2.24) is 0 Å². The predicted octanol–water partition coefficient (Wildman–Crippen LogP) is 5.31. The minimum absolute atomic E-state index is 0.305. The van der Waals surface area contributed by atoms with E-state index >= 15 is 0 Å². The van der Waals surface area contributed by atoms with Gasteiger partial charge in [0.1, 0.15) is 0 Å². The molecule has 0 unspecified atom stereocenters. The lowest BCUT2D eigenvalue weighted by atomic mass is 10.2. The quantitative estimate of drug-likeness (QED) is 0.801. The van der Waals surface area contributed by atoms with Gasteiger partial charge in [0.2, 0.25) is 0 Å². The van der Waals surface area contributed by atoms with Crippen molar-refractivity contribution in [2.45, 2.75) is 6.92 Å². The van der Waals surface area contributed by atoms with Crippen molar-refractivity contribution in [2.24, 2.45) is 0 Å². The van der Waals surface area contributed by atoms with Gasteiger partial charge in [0.25, 0.3) is 0 Å². The molecule has 0 bridgehead atoms. The lowest BCUT2D eigenvalue weighted by Crippen LogP contribution is -2.14. The Bertz CT molecular complexity index is 630. The molecule has 2 aromatic carbocycles. The van der Waals surface area contributed by atoms with Crippen LogP contribution in [0.25, 0.3) is 0 Å². The number of benzene rings is 2. The predicted molar refractivity (Wildman–Crippen MR) is 86.8 cm³/mol. The Morgan fingerprint density at radius 2 is 1.71 bits per heavy atom. The molecule has 0 spiro atoms. The Labute approximate surface area is 133 Å². The molecule has 4 nitrogen and oxygen atoms in total. The van der Waals surface area contributed by atoms with Crippen molar-refractivity contribution in [3.05, 3.63) is 52.5 Å². The van der Waals surface area contributed by atoms with Crippen LogP contribution in [0.1, 0.15) is 6.92 Å². The number of ether oxygens (including phenoxy) is 1. The van der Waals surface area contributed by atoms with E-state index < -0.39 is 6.09 Å². The molecule has 0 radical (unpaired) electrons. The molecule has 0 aliphatic carbocycles. The van der Waals surface area contributed by atoms with Crippen LogP contribution in [0.4, 0.5) is 21.9 Å². The first-order chi connectivity index (χ1) is 10.1. The first-order valence-electron chi connectivity index (χ1n) is 6.34. The fraction of sp³-hybridized carbons (Fsp3) is 0.133. The Balaban J connectivity index is 2.22. The molecule has 110 valence electrons. The van der Waals surface area contributed by atoms with Crippen LogP contribution in [0.15, 0.2) is 42.5 Å². The van der Waals surface area contributed by atoms with Crippen LogP contribution in [0, 0.1) is 0 Å². The summed E-state index contributed by atoms with van der Waals surface area (Å²) in [6.07, 6.45) is -0.515. The normalized spacial score (nSPS) is 10.0. The molecule has 21 heavy (non-hydrogen) atoms. The molecule has 2 N–H and O–H groups in total. The molecular weight excluding hydrogens is 311 g/mol. The van der Waals surface area contributed by atoms with Gasteiger partial charge >= 0.3 is 6.09 Å². The SMILES string of the molecule is CCOC(=O)Nc1ccc(Cl)cc1Nc1ccc(Cl)cc1. The second kappa shape index (κ2) is 7.20. The third-order valence-electron chi connectivity index (χ3n) is 2.62. The maximum absolute atomic E-state index is 11.5. The first-order valence-corrected chi connectivity index (χ1v) is 7.10. The van der Waals surface area contributed by atoms with E-state index in [2.05, 4.69) is 10.6 Å². The van der Waals surface area contributed by atoms with Gasteiger partial charge in [-0.25, -0.2) is 4.79 Å². The molecule has 6 heteroatoms. The molecule has 0 aliphatic heterocycles. The minimum Gasteiger partial charge on any atom is -0.450 e. The number of nitrogens with one attached hydrogen (secondary N) is 2. The highest BCUT2D eigenvalue weighted by Crippen LogP contribution is 2.29. The van der Waals surface area contributed by atoms with Gasteiger partial charge in [0, 0.05) is 15.7 Å². The number of carbonyl (C=O) groups excluding carboxylic acids is 1. The van der Waals surface area contributed by atoms with Crippen molar-refractivity contribution in [3.8, 4) is 0 Å². The van der Waals surface area contributed by atoms with E-state index in [-0.39, 0.29) is 0 Å². The molecule has 0 aliphatic rings. The number of carbonyl (C=O) groups is 1. The van der Waals surface area contributed by atoms with Gasteiger partial charge in [-0.3, -0.25) is 5.32 Å². The van der Waals surface area contributed by atoms with E-state index in [9.17, 15) is 4.79 Å². The average Bonchev–Trinajstić information content (AvgIpc) is 2.45. The van der Waals surface area contributed by atoms with E-state index in [0.29, 0.717) is 28.0 Å². The maximum atomic E-state index is 11.5. The van der Waals surface area contributed by atoms with E-state index in [4.69, 9.17) is 27.9 Å². The standard InChI is InChI=1S/C15H14Cl2N2O2/c1-2-21-15(20)19-13-8-5-11(17)9-14(13)18-12-6-3-10(16)4-7-12/h3-9,18H,2H2,1H3,(H,19,20). The number of hydrogen-bond donors (Lipinski definition) is 2. The number of amides is 1.